The fourth-order valence-corrected chi connectivity index (χ4v) is 5.27. The van der Waals surface area contributed by atoms with Crippen LogP contribution in [0.15, 0.2) is 204 Å². The Morgan fingerprint density at radius 1 is 0.380 bits per heavy atom. The zero-order valence-corrected chi connectivity index (χ0v) is 24.9. The van der Waals surface area contributed by atoms with Crippen molar-refractivity contribution in [3.63, 3.8) is 0 Å². The maximum atomic E-state index is 9.98. The molecule has 2 nitrogen and oxygen atoms in total. The molecular weight excluding hydrogens is 607 g/mol. The van der Waals surface area contributed by atoms with Crippen molar-refractivity contribution in [3.05, 3.63) is 199 Å². The van der Waals surface area contributed by atoms with Gasteiger partial charge in [0.05, 0.1) is 60.6 Å². The van der Waals surface area contributed by atoms with E-state index in [0.29, 0.717) is 11.0 Å². The molecule has 9 rings (SSSR count). The van der Waals surface area contributed by atoms with E-state index in [-0.39, 0.29) is 0 Å². The van der Waals surface area contributed by atoms with Gasteiger partial charge in [0.2, 0.25) is 0 Å². The van der Waals surface area contributed by atoms with E-state index in [4.69, 9.17) is 31.8 Å². The molecule has 0 atom stereocenters. The highest BCUT2D eigenvalue weighted by atomic mass is 16.3. The highest BCUT2D eigenvalue weighted by molar-refractivity contribution is 6.14. The van der Waals surface area contributed by atoms with E-state index in [1.54, 1.807) is 0 Å². The van der Waals surface area contributed by atoms with E-state index >= 15 is 0 Å². The van der Waals surface area contributed by atoms with Gasteiger partial charge in [0.25, 0.3) is 0 Å². The summed E-state index contributed by atoms with van der Waals surface area (Å²) in [6, 6.07) is -34.8. The summed E-state index contributed by atoms with van der Waals surface area (Å²) >= 11 is 0. The molecule has 0 saturated carbocycles. The van der Waals surface area contributed by atoms with Gasteiger partial charge in [-0.3, -0.25) is 0 Å². The van der Waals surface area contributed by atoms with E-state index in [0.717, 1.165) is 0 Å². The van der Waals surface area contributed by atoms with E-state index in [2.05, 4.69) is 0 Å². The molecule has 236 valence electrons. The molecule has 0 radical (unpaired) electrons. The smallest absolute Gasteiger partial charge is 0.137 e. The minimum absolute atomic E-state index is 0.448. The van der Waals surface area contributed by atoms with Crippen molar-refractivity contribution in [3.8, 4) is 44.5 Å². The average Bonchev–Trinajstić information content (AvgIpc) is 3.53. The van der Waals surface area contributed by atoms with E-state index in [1.165, 1.54) is 0 Å². The summed E-state index contributed by atoms with van der Waals surface area (Å²) in [5, 5.41) is -1.48. The van der Waals surface area contributed by atoms with Gasteiger partial charge < -0.3 is 9.32 Å². The largest absolute Gasteiger partial charge is 0.456 e. The fourth-order valence-electron chi connectivity index (χ4n) is 5.27. The SMILES string of the molecule is [2H]c1cc(N(c2c([2H])c([2H])c([2H])c(-c3c([2H])c([2H])c([2H])c([2H])c3[2H])c2-c2c([2H])c([2H])c([2H])c([2H])c2-c2c([2H])c([2H])c([2H])c([2H])c2[2H])c2c([2H])c([2H])c([2H])c3oc4c([2H])c([2H])c([2H])c([2H])c4c23)c([2H])c([2H])c1-c1c([2H])c([2H])c([2H])c([2H])c1[2H]. The molecule has 0 saturated heterocycles. The molecule has 0 bridgehead atoms. The molecule has 0 N–H and O–H groups in total. The van der Waals surface area contributed by atoms with Gasteiger partial charge >= 0.3 is 0 Å². The molecule has 0 aliphatic rings. The first kappa shape index (κ1) is 11.2. The van der Waals surface area contributed by atoms with Gasteiger partial charge in [0, 0.05) is 16.6 Å². The first-order valence-corrected chi connectivity index (χ1v) is 14.4. The number of para-hydroxylation sites is 1. The molecule has 8 aromatic carbocycles. The second-order valence-electron chi connectivity index (χ2n) is 10.1. The number of benzene rings is 8. The molecule has 9 aromatic rings. The zero-order chi connectivity index (χ0) is 61.1. The first-order valence-electron chi connectivity index (χ1n) is 30.4. The molecule has 1 heterocycles. The lowest BCUT2D eigenvalue weighted by molar-refractivity contribution is 0.669. The Balaban J connectivity index is 1.69. The molecule has 0 amide bonds. The summed E-state index contributed by atoms with van der Waals surface area (Å²) in [6.07, 6.45) is 0. The Kier molecular flexibility index (Phi) is 2.86. The molecule has 50 heavy (non-hydrogen) atoms. The summed E-state index contributed by atoms with van der Waals surface area (Å²) in [4.78, 5) is 0.448. The van der Waals surface area contributed by atoms with Crippen molar-refractivity contribution in [2.24, 2.45) is 0 Å². The number of hydrogen-bond donors (Lipinski definition) is 0. The van der Waals surface area contributed by atoms with Gasteiger partial charge in [-0.2, -0.15) is 0 Å². The third-order valence-electron chi connectivity index (χ3n) is 7.33. The van der Waals surface area contributed by atoms with Crippen LogP contribution in [-0.4, -0.2) is 0 Å². The van der Waals surface area contributed by atoms with Crippen LogP contribution < -0.4 is 4.90 Å². The second-order valence-corrected chi connectivity index (χ2v) is 10.1. The van der Waals surface area contributed by atoms with Crippen molar-refractivity contribution >= 4 is 39.0 Å². The Morgan fingerprint density at radius 3 is 1.68 bits per heavy atom. The van der Waals surface area contributed by atoms with Crippen molar-refractivity contribution in [1.82, 2.24) is 0 Å². The molecule has 0 fully saturated rings. The predicted molar refractivity (Wildman–Crippen MR) is 210 cm³/mol. The van der Waals surface area contributed by atoms with Crippen LogP contribution in [0.1, 0.15) is 43.9 Å². The van der Waals surface area contributed by atoms with Crippen molar-refractivity contribution in [2.45, 2.75) is 0 Å². The molecule has 0 aliphatic heterocycles. The Bertz CT molecular complexity index is 4350. The number of nitrogens with zero attached hydrogens (tertiary/aromatic N) is 1. The minimum Gasteiger partial charge on any atom is -0.456 e. The highest BCUT2D eigenvalue weighted by Gasteiger charge is 2.25. The maximum absolute atomic E-state index is 9.98. The number of rotatable bonds is 7. The second kappa shape index (κ2) is 12.8. The predicted octanol–water partition coefficient (Wildman–Crippen LogP) is 13.7. The first-order chi connectivity index (χ1) is 38.1. The Labute approximate surface area is 337 Å². The summed E-state index contributed by atoms with van der Waals surface area (Å²) < 4.78 is 295. The van der Waals surface area contributed by atoms with E-state index in [1.807, 2.05) is 0 Å². The van der Waals surface area contributed by atoms with Gasteiger partial charge in [0.1, 0.15) is 11.2 Å². The summed E-state index contributed by atoms with van der Waals surface area (Å²) in [6.45, 7) is 0. The Hall–Kier alpha value is -6.64. The number of furan rings is 1. The van der Waals surface area contributed by atoms with Crippen LogP contribution in [0, 0.1) is 0 Å². The van der Waals surface area contributed by atoms with Crippen LogP contribution in [0.3, 0.4) is 0 Å². The quantitative estimate of drug-likeness (QED) is 0.168. The van der Waals surface area contributed by atoms with Crippen LogP contribution in [0.2, 0.25) is 0 Å². The average molecular weight is 672 g/mol. The molecular formula is C48H33NO. The third kappa shape index (κ3) is 5.24. The van der Waals surface area contributed by atoms with Gasteiger partial charge in [-0.25, -0.2) is 0 Å². The minimum atomic E-state index is -1.37. The zero-order valence-electron chi connectivity index (χ0n) is 56.9. The monoisotopic (exact) mass is 671 g/mol. The normalized spacial score (nSPS) is 20.2. The van der Waals surface area contributed by atoms with Gasteiger partial charge in [-0.05, 0) is 75.2 Å². The van der Waals surface area contributed by atoms with E-state index < -0.39 is 277 Å². The topological polar surface area (TPSA) is 16.4 Å². The molecule has 0 unspecified atom stereocenters. The van der Waals surface area contributed by atoms with Crippen molar-refractivity contribution in [2.75, 3.05) is 4.90 Å². The maximum Gasteiger partial charge on any atom is 0.137 e. The molecule has 2 heteroatoms. The van der Waals surface area contributed by atoms with Crippen molar-refractivity contribution < 1.29 is 48.3 Å². The van der Waals surface area contributed by atoms with E-state index in [9.17, 15) is 16.4 Å². The lowest BCUT2D eigenvalue weighted by Crippen LogP contribution is -2.12. The highest BCUT2D eigenvalue weighted by Crippen LogP contribution is 2.50. The van der Waals surface area contributed by atoms with Crippen LogP contribution in [0.25, 0.3) is 66.4 Å². The van der Waals surface area contributed by atoms with Crippen LogP contribution in [0.5, 0.6) is 0 Å². The van der Waals surface area contributed by atoms with Gasteiger partial charge in [-0.1, -0.05) is 163 Å². The lowest BCUT2D eigenvalue weighted by Gasteiger charge is -2.30. The van der Waals surface area contributed by atoms with Crippen LogP contribution in [0.4, 0.5) is 17.1 Å². The number of hydrogen-bond acceptors (Lipinski definition) is 2. The van der Waals surface area contributed by atoms with Crippen LogP contribution in [-0.2, 0) is 0 Å². The number of anilines is 3. The molecule has 0 aliphatic carbocycles. The summed E-state index contributed by atoms with van der Waals surface area (Å²) in [5.41, 5.74) is -13.2. The molecule has 0 spiro atoms. The lowest BCUT2D eigenvalue weighted by atomic mass is 9.87. The van der Waals surface area contributed by atoms with Gasteiger partial charge in [0.15, 0.2) is 0 Å². The molecule has 1 aromatic heterocycles. The fraction of sp³-hybridized carbons (Fsp3) is 0. The third-order valence-corrected chi connectivity index (χ3v) is 7.33. The number of fused-ring (bicyclic) bond motifs is 3. The van der Waals surface area contributed by atoms with Crippen molar-refractivity contribution in [1.29, 1.82) is 0 Å². The van der Waals surface area contributed by atoms with Crippen LogP contribution >= 0.6 is 0 Å². The summed E-state index contributed by atoms with van der Waals surface area (Å²) in [5.74, 6) is 0. The standard InChI is InChI=1S/C48H33NO/c1-4-16-34(17-5-1)35-30-32-38(33-31-35)49(44-27-15-29-46-48(44)42-24-12-13-28-45(42)50-46)43-26-14-25-40(37-20-8-3-9-21-37)47(43)41-23-11-10-22-39(41)36-18-6-2-7-19-36/h1-33H/i1D,2D,3D,4D,5D,6D,7D,8D,9D,10D,11D,12D,13D,14D,15D,16D,17D,18D,19D,20D,21D,22D,23D,24D,25D,26D,27D,28D,29D,30D,31D,32D. The van der Waals surface area contributed by atoms with Gasteiger partial charge in [-0.15, -0.1) is 0 Å². The Morgan fingerprint density at radius 2 is 0.920 bits per heavy atom. The summed E-state index contributed by atoms with van der Waals surface area (Å²) in [7, 11) is 0.